The molecule has 0 bridgehead atoms. The van der Waals surface area contributed by atoms with E-state index in [1.54, 1.807) is 48.2 Å². The summed E-state index contributed by atoms with van der Waals surface area (Å²) in [4.78, 5) is 44.5. The van der Waals surface area contributed by atoms with Gasteiger partial charge in [0.2, 0.25) is 11.8 Å². The fourth-order valence-corrected chi connectivity index (χ4v) is 5.58. The predicted molar refractivity (Wildman–Crippen MR) is 172 cm³/mol. The molecule has 1 unspecified atom stereocenters. The van der Waals surface area contributed by atoms with Crippen molar-refractivity contribution in [3.63, 3.8) is 0 Å². The second-order valence-corrected chi connectivity index (χ2v) is 11.1. The number of nitrogens with one attached hydrogen (secondary N) is 2. The molecule has 11 heteroatoms. The molecule has 9 nitrogen and oxygen atoms in total. The number of hydrogen-bond donors (Lipinski definition) is 2. The van der Waals surface area contributed by atoms with Crippen molar-refractivity contribution in [2.75, 3.05) is 18.5 Å². The first-order valence-electron chi connectivity index (χ1n) is 14.2. The lowest BCUT2D eigenvalue weighted by Crippen LogP contribution is -2.41. The van der Waals surface area contributed by atoms with Gasteiger partial charge in [-0.3, -0.25) is 14.5 Å². The molecule has 4 aromatic carbocycles. The average Bonchev–Trinajstić information content (AvgIpc) is 3.35. The molecule has 0 radical (unpaired) electrons. The number of halogens is 1. The first kappa shape index (κ1) is 31.3. The number of hydrogen-bond acceptors (Lipinski definition) is 7. The maximum Gasteiger partial charge on any atom is 0.408 e. The van der Waals surface area contributed by atoms with Gasteiger partial charge in [-0.25, -0.2) is 14.2 Å². The van der Waals surface area contributed by atoms with Gasteiger partial charge in [-0.1, -0.05) is 78.5 Å². The van der Waals surface area contributed by atoms with Crippen molar-refractivity contribution in [3.05, 3.63) is 126 Å². The number of thioether (sulfide) groups is 1. The van der Waals surface area contributed by atoms with E-state index in [1.165, 1.54) is 23.9 Å². The van der Waals surface area contributed by atoms with Crippen LogP contribution in [0.25, 0.3) is 0 Å². The summed E-state index contributed by atoms with van der Waals surface area (Å²) in [5.74, 6) is -0.355. The number of ether oxygens (including phenoxy) is 2. The van der Waals surface area contributed by atoms with Crippen molar-refractivity contribution in [3.8, 4) is 5.75 Å². The Morgan fingerprint density at radius 3 is 2.38 bits per heavy atom. The maximum absolute atomic E-state index is 13.9. The van der Waals surface area contributed by atoms with Crippen LogP contribution in [0.4, 0.5) is 20.6 Å². The van der Waals surface area contributed by atoms with Crippen molar-refractivity contribution in [1.29, 1.82) is 0 Å². The Balaban J connectivity index is 1.21. The van der Waals surface area contributed by atoms with Crippen LogP contribution in [0.15, 0.2) is 114 Å². The average molecular weight is 627 g/mol. The number of para-hydroxylation sites is 1. The van der Waals surface area contributed by atoms with Gasteiger partial charge in [-0.05, 0) is 60.5 Å². The van der Waals surface area contributed by atoms with Gasteiger partial charge in [0, 0.05) is 5.69 Å². The van der Waals surface area contributed by atoms with Crippen LogP contribution in [-0.4, -0.2) is 47.2 Å². The van der Waals surface area contributed by atoms with E-state index in [1.807, 2.05) is 60.7 Å². The summed E-state index contributed by atoms with van der Waals surface area (Å²) >= 11 is 1.26. The minimum absolute atomic E-state index is 0.0898. The first-order chi connectivity index (χ1) is 21.9. The molecule has 1 saturated heterocycles. The van der Waals surface area contributed by atoms with Crippen LogP contribution >= 0.6 is 11.8 Å². The predicted octanol–water partition coefficient (Wildman–Crippen LogP) is 6.46. The summed E-state index contributed by atoms with van der Waals surface area (Å²) in [6, 6.07) is 30.4. The smallest absolute Gasteiger partial charge is 0.408 e. The number of nitrogens with zero attached hydrogens (tertiary/aromatic N) is 2. The van der Waals surface area contributed by atoms with Gasteiger partial charge in [-0.15, -0.1) is 0 Å². The zero-order valence-corrected chi connectivity index (χ0v) is 25.2. The van der Waals surface area contributed by atoms with E-state index in [-0.39, 0.29) is 25.7 Å². The molecule has 0 spiro atoms. The lowest BCUT2D eigenvalue weighted by Gasteiger charge is -2.17. The second kappa shape index (κ2) is 15.0. The molecule has 230 valence electrons. The summed E-state index contributed by atoms with van der Waals surface area (Å²) in [5.41, 5.74) is 2.42. The van der Waals surface area contributed by atoms with Crippen LogP contribution in [0.5, 0.6) is 5.75 Å². The van der Waals surface area contributed by atoms with E-state index in [0.717, 1.165) is 5.56 Å². The van der Waals surface area contributed by atoms with E-state index in [4.69, 9.17) is 9.47 Å². The number of amides is 3. The number of amidine groups is 1. The van der Waals surface area contributed by atoms with Gasteiger partial charge in [-0.2, -0.15) is 0 Å². The molecule has 0 saturated carbocycles. The standard InChI is InChI=1S/C34H31FN4O5S/c1-23(36-34(42)44-22-24-9-4-2-5-10-24)31(40)37-27-17-15-25(16-18-27)30-32(41)39(19-20-43-29-13-6-3-7-14-29)33(45-30)38-28-12-8-11-26(35)21-28/h2-18,21,23,30H,19-20,22H2,1H3,(H,36,42)(H,37,40)/t23-,30?/m1/s1. The molecule has 45 heavy (non-hydrogen) atoms. The van der Waals surface area contributed by atoms with Crippen molar-refractivity contribution in [2.45, 2.75) is 24.8 Å². The normalized spacial score (nSPS) is 15.9. The highest BCUT2D eigenvalue weighted by Gasteiger charge is 2.39. The summed E-state index contributed by atoms with van der Waals surface area (Å²) in [6.45, 7) is 2.13. The SMILES string of the molecule is C[C@@H](NC(=O)OCc1ccccc1)C(=O)Nc1ccc(C2SC(=Nc3cccc(F)c3)N(CCOc3ccccc3)C2=O)cc1. The van der Waals surface area contributed by atoms with Gasteiger partial charge < -0.3 is 20.1 Å². The van der Waals surface area contributed by atoms with Crippen LogP contribution in [-0.2, 0) is 20.9 Å². The molecule has 2 atom stereocenters. The molecule has 1 aliphatic rings. The Hall–Kier alpha value is -5.16. The maximum atomic E-state index is 13.9. The first-order valence-corrected chi connectivity index (χ1v) is 15.1. The van der Waals surface area contributed by atoms with E-state index < -0.39 is 29.1 Å². The third-order valence-electron chi connectivity index (χ3n) is 6.73. The molecule has 1 aliphatic heterocycles. The topological polar surface area (TPSA) is 109 Å². The van der Waals surface area contributed by atoms with Gasteiger partial charge >= 0.3 is 6.09 Å². The van der Waals surface area contributed by atoms with Crippen molar-refractivity contribution in [2.24, 2.45) is 4.99 Å². The Bertz CT molecular complexity index is 1650. The van der Waals surface area contributed by atoms with Crippen LogP contribution in [0.2, 0.25) is 0 Å². The molecular weight excluding hydrogens is 595 g/mol. The number of rotatable bonds is 11. The number of carbonyl (C=O) groups is 3. The van der Waals surface area contributed by atoms with Gasteiger partial charge in [0.1, 0.15) is 36.1 Å². The minimum Gasteiger partial charge on any atom is -0.492 e. The molecule has 3 amide bonds. The van der Waals surface area contributed by atoms with E-state index in [0.29, 0.717) is 27.9 Å². The lowest BCUT2D eigenvalue weighted by atomic mass is 10.1. The summed E-state index contributed by atoms with van der Waals surface area (Å²) in [7, 11) is 0. The highest BCUT2D eigenvalue weighted by atomic mass is 32.2. The van der Waals surface area contributed by atoms with Gasteiger partial charge in [0.25, 0.3) is 0 Å². The molecule has 2 N–H and O–H groups in total. The monoisotopic (exact) mass is 626 g/mol. The van der Waals surface area contributed by atoms with E-state index >= 15 is 0 Å². The summed E-state index contributed by atoms with van der Waals surface area (Å²) in [6.07, 6.45) is -0.706. The quantitative estimate of drug-likeness (QED) is 0.198. The van der Waals surface area contributed by atoms with Gasteiger partial charge in [0.15, 0.2) is 5.17 Å². The number of alkyl carbamates (subject to hydrolysis) is 1. The molecule has 5 rings (SSSR count). The molecule has 0 aliphatic carbocycles. The van der Waals surface area contributed by atoms with Crippen LogP contribution < -0.4 is 15.4 Å². The van der Waals surface area contributed by atoms with E-state index in [9.17, 15) is 18.8 Å². The second-order valence-electron chi connectivity index (χ2n) is 10.1. The third kappa shape index (κ3) is 8.70. The van der Waals surface area contributed by atoms with Crippen LogP contribution in [0.1, 0.15) is 23.3 Å². The Morgan fingerprint density at radius 2 is 1.67 bits per heavy atom. The molecular formula is C34H31FN4O5S. The van der Waals surface area contributed by atoms with Crippen molar-refractivity contribution < 1.29 is 28.2 Å². The molecule has 1 heterocycles. The highest BCUT2D eigenvalue weighted by Crippen LogP contribution is 2.40. The highest BCUT2D eigenvalue weighted by molar-refractivity contribution is 8.15. The number of anilines is 1. The molecule has 0 aromatic heterocycles. The fraction of sp³-hybridized carbons (Fsp3) is 0.176. The Kier molecular flexibility index (Phi) is 10.4. The van der Waals surface area contributed by atoms with Gasteiger partial charge in [0.05, 0.1) is 12.2 Å². The third-order valence-corrected chi connectivity index (χ3v) is 7.96. The molecule has 4 aromatic rings. The summed E-state index contributed by atoms with van der Waals surface area (Å²) in [5, 5.41) is 5.12. The van der Waals surface area contributed by atoms with Crippen molar-refractivity contribution >= 4 is 46.2 Å². The zero-order valence-electron chi connectivity index (χ0n) is 24.4. The largest absolute Gasteiger partial charge is 0.492 e. The lowest BCUT2D eigenvalue weighted by molar-refractivity contribution is -0.126. The van der Waals surface area contributed by atoms with Crippen molar-refractivity contribution in [1.82, 2.24) is 10.2 Å². The minimum atomic E-state index is -0.854. The van der Waals surface area contributed by atoms with E-state index in [2.05, 4.69) is 15.6 Å². The Labute approximate surface area is 264 Å². The number of aliphatic imine (C=N–C) groups is 1. The summed E-state index contributed by atoms with van der Waals surface area (Å²) < 4.78 is 24.8. The molecule has 1 fully saturated rings. The number of carbonyl (C=O) groups excluding carboxylic acids is 3. The Morgan fingerprint density at radius 1 is 0.956 bits per heavy atom. The fourth-order valence-electron chi connectivity index (χ4n) is 4.38. The zero-order chi connectivity index (χ0) is 31.6. The van der Waals surface area contributed by atoms with Crippen LogP contribution in [0, 0.1) is 5.82 Å². The number of benzene rings is 4. The van der Waals surface area contributed by atoms with Crippen LogP contribution in [0.3, 0.4) is 0 Å².